The molecule has 1 aromatic heterocycles. The van der Waals surface area contributed by atoms with Gasteiger partial charge in [0.2, 0.25) is 5.91 Å². The van der Waals surface area contributed by atoms with E-state index in [0.29, 0.717) is 12.2 Å². The van der Waals surface area contributed by atoms with Crippen molar-refractivity contribution in [2.75, 3.05) is 0 Å². The van der Waals surface area contributed by atoms with Crippen molar-refractivity contribution in [3.05, 3.63) is 12.0 Å². The Morgan fingerprint density at radius 1 is 1.56 bits per heavy atom. The monoisotopic (exact) mass is 293 g/mol. The Bertz CT molecular complexity index is 537. The number of aromatic nitrogens is 2. The Labute approximate surface area is 111 Å². The van der Waals surface area contributed by atoms with Gasteiger partial charge in [0.1, 0.15) is 12.4 Å². The average molecular weight is 294 g/mol. The highest BCUT2D eigenvalue weighted by Gasteiger charge is 2.18. The zero-order valence-electron chi connectivity index (χ0n) is 10.5. The predicted octanol–water partition coefficient (Wildman–Crippen LogP) is 0.898. The number of carbonyl (C=O) groups is 1. The second kappa shape index (κ2) is 5.71. The molecule has 1 N–H and O–H groups in total. The van der Waals surface area contributed by atoms with Gasteiger partial charge in [-0.1, -0.05) is 6.92 Å². The first kappa shape index (κ1) is 15.0. The molecule has 1 heterocycles. The molecular weight excluding hydrogens is 278 g/mol. The summed E-state index contributed by atoms with van der Waals surface area (Å²) in [4.78, 5) is 15.5. The first-order valence-corrected chi connectivity index (χ1v) is 7.85. The van der Waals surface area contributed by atoms with Crippen LogP contribution < -0.4 is 5.32 Å². The molecule has 0 aliphatic rings. The molecule has 18 heavy (non-hydrogen) atoms. The van der Waals surface area contributed by atoms with Crippen molar-refractivity contribution in [1.29, 1.82) is 0 Å². The van der Waals surface area contributed by atoms with Crippen LogP contribution in [0.25, 0.3) is 0 Å². The molecule has 1 rings (SSSR count). The highest BCUT2D eigenvalue weighted by Crippen LogP contribution is 2.14. The lowest BCUT2D eigenvalue weighted by Crippen LogP contribution is -2.33. The van der Waals surface area contributed by atoms with E-state index < -0.39 is 9.05 Å². The molecule has 0 aliphatic carbocycles. The van der Waals surface area contributed by atoms with Crippen LogP contribution in [-0.2, 0) is 26.8 Å². The fourth-order valence-electron chi connectivity index (χ4n) is 1.49. The van der Waals surface area contributed by atoms with E-state index in [0.717, 1.165) is 0 Å². The van der Waals surface area contributed by atoms with E-state index in [2.05, 4.69) is 10.3 Å². The van der Waals surface area contributed by atoms with Gasteiger partial charge < -0.3 is 9.88 Å². The van der Waals surface area contributed by atoms with Crippen molar-refractivity contribution in [2.45, 2.75) is 44.8 Å². The van der Waals surface area contributed by atoms with Gasteiger partial charge >= 0.3 is 0 Å². The molecule has 0 fully saturated rings. The van der Waals surface area contributed by atoms with Crippen molar-refractivity contribution < 1.29 is 13.2 Å². The van der Waals surface area contributed by atoms with Gasteiger partial charge in [0, 0.05) is 29.3 Å². The minimum atomic E-state index is -3.86. The minimum absolute atomic E-state index is 0.0285. The van der Waals surface area contributed by atoms with E-state index in [1.165, 1.54) is 10.8 Å². The summed E-state index contributed by atoms with van der Waals surface area (Å²) in [6, 6.07) is 0.0299. The van der Waals surface area contributed by atoms with E-state index in [4.69, 9.17) is 10.7 Å². The van der Waals surface area contributed by atoms with Gasteiger partial charge in [0.25, 0.3) is 9.05 Å². The van der Waals surface area contributed by atoms with Crippen molar-refractivity contribution >= 4 is 25.6 Å². The van der Waals surface area contributed by atoms with Crippen molar-refractivity contribution in [3.8, 4) is 0 Å². The Morgan fingerprint density at radius 2 is 2.17 bits per heavy atom. The Hall–Kier alpha value is -1.08. The number of hydrogen-bond acceptors (Lipinski definition) is 4. The van der Waals surface area contributed by atoms with Crippen molar-refractivity contribution in [1.82, 2.24) is 14.9 Å². The van der Waals surface area contributed by atoms with Gasteiger partial charge in [-0.2, -0.15) is 0 Å². The molecule has 0 saturated heterocycles. The van der Waals surface area contributed by atoms with Gasteiger partial charge in [-0.3, -0.25) is 4.79 Å². The van der Waals surface area contributed by atoms with Crippen LogP contribution >= 0.6 is 10.7 Å². The molecule has 0 saturated carbocycles. The van der Waals surface area contributed by atoms with Gasteiger partial charge in [0.05, 0.1) is 0 Å². The largest absolute Gasteiger partial charge is 0.352 e. The third-order valence-corrected chi connectivity index (χ3v) is 3.34. The Kier molecular flexibility index (Phi) is 4.75. The zero-order chi connectivity index (χ0) is 13.9. The molecule has 0 unspecified atom stereocenters. The van der Waals surface area contributed by atoms with Crippen LogP contribution in [0.5, 0.6) is 0 Å². The summed E-state index contributed by atoms with van der Waals surface area (Å²) in [5, 5.41) is 2.50. The molecule has 6 nitrogen and oxygen atoms in total. The number of imidazole rings is 1. The molecule has 0 spiro atoms. The lowest BCUT2D eigenvalue weighted by molar-refractivity contribution is -0.122. The molecule has 1 amide bonds. The lowest BCUT2D eigenvalue weighted by atomic mass is 10.4. The zero-order valence-corrected chi connectivity index (χ0v) is 12.0. The fourth-order valence-corrected chi connectivity index (χ4v) is 2.18. The molecule has 0 aromatic carbocycles. The van der Waals surface area contributed by atoms with Crippen LogP contribution in [0, 0.1) is 0 Å². The second-order valence-electron chi connectivity index (χ2n) is 4.14. The average Bonchev–Trinajstić information content (AvgIpc) is 2.58. The highest BCUT2D eigenvalue weighted by molar-refractivity contribution is 8.13. The third-order valence-electron chi connectivity index (χ3n) is 2.17. The normalized spacial score (nSPS) is 11.8. The molecule has 1 aromatic rings. The molecule has 0 radical (unpaired) electrons. The summed E-state index contributed by atoms with van der Waals surface area (Å²) < 4.78 is 23.8. The van der Waals surface area contributed by atoms with Gasteiger partial charge in [0.15, 0.2) is 5.03 Å². The van der Waals surface area contributed by atoms with Crippen LogP contribution in [0.3, 0.4) is 0 Å². The number of aryl methyl sites for hydroxylation is 1. The van der Waals surface area contributed by atoms with E-state index in [1.807, 2.05) is 20.8 Å². The maximum Gasteiger partial charge on any atom is 0.280 e. The quantitative estimate of drug-likeness (QED) is 0.818. The molecule has 8 heteroatoms. The number of nitrogens with one attached hydrogen (secondary N) is 1. The Morgan fingerprint density at radius 3 is 2.61 bits per heavy atom. The maximum atomic E-state index is 11.6. The summed E-state index contributed by atoms with van der Waals surface area (Å²) >= 11 is 0. The summed E-state index contributed by atoms with van der Waals surface area (Å²) in [6.07, 6.45) is 1.79. The number of hydrogen-bond donors (Lipinski definition) is 1. The van der Waals surface area contributed by atoms with E-state index in [1.54, 1.807) is 0 Å². The number of amides is 1. The predicted molar refractivity (Wildman–Crippen MR) is 67.9 cm³/mol. The number of halogens is 1. The summed E-state index contributed by atoms with van der Waals surface area (Å²) in [7, 11) is 1.35. The first-order chi connectivity index (χ1) is 8.24. The summed E-state index contributed by atoms with van der Waals surface area (Å²) in [5.74, 6) is 0.309. The van der Waals surface area contributed by atoms with Crippen LogP contribution in [-0.4, -0.2) is 29.9 Å². The standard InChI is InChI=1S/C10H16ClN3O3S/c1-4-8-13-10(18(11,16)17)6-14(8)5-9(15)12-7(2)3/h6-7H,4-5H2,1-3H3,(H,12,15). The number of carbonyl (C=O) groups excluding carboxylic acids is 1. The maximum absolute atomic E-state index is 11.6. The lowest BCUT2D eigenvalue weighted by Gasteiger charge is -2.09. The molecular formula is C10H16ClN3O3S. The minimum Gasteiger partial charge on any atom is -0.352 e. The van der Waals surface area contributed by atoms with E-state index in [-0.39, 0.29) is 23.5 Å². The molecule has 0 atom stereocenters. The molecule has 0 bridgehead atoms. The summed E-state index contributed by atoms with van der Waals surface area (Å²) in [6.45, 7) is 5.55. The third kappa shape index (κ3) is 3.99. The molecule has 0 aliphatic heterocycles. The number of nitrogens with zero attached hydrogens (tertiary/aromatic N) is 2. The number of rotatable bonds is 5. The van der Waals surface area contributed by atoms with Gasteiger partial charge in [-0.15, -0.1) is 0 Å². The van der Waals surface area contributed by atoms with Gasteiger partial charge in [-0.25, -0.2) is 13.4 Å². The van der Waals surface area contributed by atoms with Crippen LogP contribution in [0.4, 0.5) is 0 Å². The topological polar surface area (TPSA) is 81.1 Å². The molecule has 102 valence electrons. The van der Waals surface area contributed by atoms with E-state index in [9.17, 15) is 13.2 Å². The second-order valence-corrected chi connectivity index (χ2v) is 6.65. The SMILES string of the molecule is CCc1nc(S(=O)(=O)Cl)cn1CC(=O)NC(C)C. The van der Waals surface area contributed by atoms with Crippen LogP contribution in [0.15, 0.2) is 11.2 Å². The van der Waals surface area contributed by atoms with Gasteiger partial charge in [-0.05, 0) is 13.8 Å². The first-order valence-electron chi connectivity index (χ1n) is 5.54. The van der Waals surface area contributed by atoms with Crippen molar-refractivity contribution in [3.63, 3.8) is 0 Å². The smallest absolute Gasteiger partial charge is 0.280 e. The summed E-state index contributed by atoms with van der Waals surface area (Å²) in [5.41, 5.74) is 0. The van der Waals surface area contributed by atoms with E-state index >= 15 is 0 Å². The van der Waals surface area contributed by atoms with Crippen molar-refractivity contribution in [2.24, 2.45) is 0 Å². The Balaban J connectivity index is 2.95. The highest BCUT2D eigenvalue weighted by atomic mass is 35.7. The van der Waals surface area contributed by atoms with Crippen LogP contribution in [0.2, 0.25) is 0 Å². The fraction of sp³-hybridized carbons (Fsp3) is 0.600. The van der Waals surface area contributed by atoms with Crippen LogP contribution in [0.1, 0.15) is 26.6 Å².